The minimum Gasteiger partial charge on any atom is -0.348 e. The van der Waals surface area contributed by atoms with Crippen LogP contribution >= 0.6 is 34.5 Å². The first-order valence-electron chi connectivity index (χ1n) is 4.83. The van der Waals surface area contributed by atoms with Gasteiger partial charge in [-0.2, -0.15) is 0 Å². The molecule has 8 heteroatoms. The highest BCUT2D eigenvalue weighted by Gasteiger charge is 2.29. The van der Waals surface area contributed by atoms with Gasteiger partial charge in [-0.05, 0) is 12.5 Å². The van der Waals surface area contributed by atoms with Gasteiger partial charge in [0, 0.05) is 6.04 Å². The summed E-state index contributed by atoms with van der Waals surface area (Å²) in [7, 11) is -3.00. The van der Waals surface area contributed by atoms with Gasteiger partial charge in [-0.1, -0.05) is 23.2 Å². The number of halogens is 2. The van der Waals surface area contributed by atoms with Crippen molar-refractivity contribution in [1.82, 2.24) is 5.32 Å². The van der Waals surface area contributed by atoms with Crippen LogP contribution in [0.1, 0.15) is 16.8 Å². The molecule has 1 amide bonds. The zero-order valence-electron chi connectivity index (χ0n) is 8.57. The zero-order valence-corrected chi connectivity index (χ0v) is 11.7. The molecule has 2 rings (SSSR count). The Bertz CT molecular complexity index is 553. The van der Waals surface area contributed by atoms with E-state index in [1.165, 1.54) is 6.07 Å². The maximum Gasteiger partial charge on any atom is 0.253 e. The van der Waals surface area contributed by atoms with Crippen LogP contribution in [0, 0.1) is 0 Å². The topological polar surface area (TPSA) is 63.2 Å². The van der Waals surface area contributed by atoms with Gasteiger partial charge in [0.25, 0.3) is 5.91 Å². The molecule has 2 heterocycles. The number of carbonyl (C=O) groups excluding carboxylic acids is 1. The number of nitrogens with one attached hydrogen (secondary N) is 1. The first-order valence-corrected chi connectivity index (χ1v) is 8.23. The Morgan fingerprint density at radius 3 is 2.65 bits per heavy atom. The molecule has 1 aromatic rings. The lowest BCUT2D eigenvalue weighted by molar-refractivity contribution is 0.0942. The molecular weight excluding hydrogens is 305 g/mol. The normalized spacial score (nSPS) is 22.6. The molecule has 0 spiro atoms. The van der Waals surface area contributed by atoms with Gasteiger partial charge in [-0.25, -0.2) is 8.42 Å². The Balaban J connectivity index is 2.06. The summed E-state index contributed by atoms with van der Waals surface area (Å²) in [6.07, 6.45) is 0.448. The Labute approximate surface area is 113 Å². The first kappa shape index (κ1) is 13.1. The van der Waals surface area contributed by atoms with Crippen molar-refractivity contribution in [2.75, 3.05) is 11.5 Å². The third-order valence-corrected chi connectivity index (χ3v) is 5.72. The Morgan fingerprint density at radius 1 is 1.47 bits per heavy atom. The quantitative estimate of drug-likeness (QED) is 0.908. The summed E-state index contributed by atoms with van der Waals surface area (Å²) in [5, 5.41) is 2.65. The zero-order chi connectivity index (χ0) is 12.6. The van der Waals surface area contributed by atoms with Gasteiger partial charge in [0.2, 0.25) is 0 Å². The van der Waals surface area contributed by atoms with Crippen molar-refractivity contribution in [3.63, 3.8) is 0 Å². The van der Waals surface area contributed by atoms with Gasteiger partial charge in [0.1, 0.15) is 4.34 Å². The minimum absolute atomic E-state index is 0.00573. The van der Waals surface area contributed by atoms with E-state index in [-0.39, 0.29) is 23.5 Å². The monoisotopic (exact) mass is 313 g/mol. The Hall–Kier alpha value is -0.300. The summed E-state index contributed by atoms with van der Waals surface area (Å²) in [6.45, 7) is 0. The van der Waals surface area contributed by atoms with Crippen LogP contribution in [0.3, 0.4) is 0 Å². The highest BCUT2D eigenvalue weighted by atomic mass is 35.5. The number of thiophene rings is 1. The lowest BCUT2D eigenvalue weighted by Gasteiger charge is -2.09. The van der Waals surface area contributed by atoms with E-state index in [2.05, 4.69) is 5.32 Å². The van der Waals surface area contributed by atoms with E-state index in [1.54, 1.807) is 0 Å². The molecule has 1 aliphatic heterocycles. The lowest BCUT2D eigenvalue weighted by atomic mass is 10.2. The molecule has 94 valence electrons. The second-order valence-corrected chi connectivity index (χ2v) is 8.33. The number of hydrogen-bond donors (Lipinski definition) is 1. The molecule has 1 unspecified atom stereocenters. The van der Waals surface area contributed by atoms with Gasteiger partial charge < -0.3 is 5.32 Å². The van der Waals surface area contributed by atoms with Crippen LogP contribution in [0.4, 0.5) is 0 Å². The molecule has 1 saturated heterocycles. The first-order chi connectivity index (χ1) is 7.87. The van der Waals surface area contributed by atoms with Crippen molar-refractivity contribution >= 4 is 50.3 Å². The largest absolute Gasteiger partial charge is 0.348 e. The lowest BCUT2D eigenvalue weighted by Crippen LogP contribution is -2.35. The summed E-state index contributed by atoms with van der Waals surface area (Å²) < 4.78 is 23.2. The Kier molecular flexibility index (Phi) is 3.68. The van der Waals surface area contributed by atoms with Crippen LogP contribution in [0.5, 0.6) is 0 Å². The van der Waals surface area contributed by atoms with Gasteiger partial charge in [-0.3, -0.25) is 4.79 Å². The van der Waals surface area contributed by atoms with Crippen molar-refractivity contribution in [1.29, 1.82) is 0 Å². The molecular formula is C9H9Cl2NO3S2. The fourth-order valence-electron chi connectivity index (χ4n) is 1.67. The van der Waals surface area contributed by atoms with Crippen LogP contribution < -0.4 is 5.32 Å². The summed E-state index contributed by atoms with van der Waals surface area (Å²) in [5.74, 6) is -0.259. The van der Waals surface area contributed by atoms with E-state index in [9.17, 15) is 13.2 Å². The average molecular weight is 314 g/mol. The predicted molar refractivity (Wildman–Crippen MR) is 68.9 cm³/mol. The molecule has 1 N–H and O–H groups in total. The van der Waals surface area contributed by atoms with Crippen LogP contribution in [-0.2, 0) is 9.84 Å². The fraction of sp³-hybridized carbons (Fsp3) is 0.444. The van der Waals surface area contributed by atoms with Gasteiger partial charge in [-0.15, -0.1) is 11.3 Å². The molecule has 17 heavy (non-hydrogen) atoms. The SMILES string of the molecule is O=C(NC1CCS(=O)(=O)C1)c1cc(Cl)sc1Cl. The van der Waals surface area contributed by atoms with Gasteiger partial charge in [0.05, 0.1) is 21.4 Å². The van der Waals surface area contributed by atoms with E-state index >= 15 is 0 Å². The number of hydrogen-bond acceptors (Lipinski definition) is 4. The highest BCUT2D eigenvalue weighted by Crippen LogP contribution is 2.31. The molecule has 1 fully saturated rings. The van der Waals surface area contributed by atoms with Crippen molar-refractivity contribution in [3.05, 3.63) is 20.3 Å². The summed E-state index contributed by atoms with van der Waals surface area (Å²) in [4.78, 5) is 11.8. The minimum atomic E-state index is -3.00. The van der Waals surface area contributed by atoms with E-state index in [4.69, 9.17) is 23.2 Å². The molecule has 0 aromatic carbocycles. The third-order valence-electron chi connectivity index (χ3n) is 2.47. The second kappa shape index (κ2) is 4.76. The van der Waals surface area contributed by atoms with E-state index in [0.717, 1.165) is 11.3 Å². The van der Waals surface area contributed by atoms with E-state index in [1.807, 2.05) is 0 Å². The number of amides is 1. The Morgan fingerprint density at radius 2 is 2.18 bits per heavy atom. The van der Waals surface area contributed by atoms with Crippen LogP contribution in [0.25, 0.3) is 0 Å². The molecule has 0 radical (unpaired) electrons. The summed E-state index contributed by atoms with van der Waals surface area (Å²) in [5.41, 5.74) is 0.297. The van der Waals surface area contributed by atoms with Crippen molar-refractivity contribution in [2.24, 2.45) is 0 Å². The maximum atomic E-state index is 11.8. The van der Waals surface area contributed by atoms with Crippen molar-refractivity contribution < 1.29 is 13.2 Å². The van der Waals surface area contributed by atoms with Crippen molar-refractivity contribution in [2.45, 2.75) is 12.5 Å². The third kappa shape index (κ3) is 3.13. The molecule has 4 nitrogen and oxygen atoms in total. The molecule has 1 aliphatic rings. The van der Waals surface area contributed by atoms with Crippen molar-refractivity contribution in [3.8, 4) is 0 Å². The fourth-order valence-corrected chi connectivity index (χ4v) is 4.80. The number of sulfone groups is 1. The van der Waals surface area contributed by atoms with Gasteiger partial charge >= 0.3 is 0 Å². The van der Waals surface area contributed by atoms with Crippen LogP contribution in [0.15, 0.2) is 6.07 Å². The maximum absolute atomic E-state index is 11.8. The molecule has 1 atom stereocenters. The standard InChI is InChI=1S/C9H9Cl2NO3S2/c10-7-3-6(8(11)16-7)9(13)12-5-1-2-17(14,15)4-5/h3,5H,1-2,4H2,(H,12,13). The second-order valence-electron chi connectivity index (χ2n) is 3.81. The summed E-state index contributed by atoms with van der Waals surface area (Å²) >= 11 is 12.7. The summed E-state index contributed by atoms with van der Waals surface area (Å²) in [6, 6.07) is 1.15. The van der Waals surface area contributed by atoms with E-state index < -0.39 is 9.84 Å². The smallest absolute Gasteiger partial charge is 0.253 e. The van der Waals surface area contributed by atoms with Gasteiger partial charge in [0.15, 0.2) is 9.84 Å². The predicted octanol–water partition coefficient (Wildman–Crippen LogP) is 1.97. The highest BCUT2D eigenvalue weighted by molar-refractivity contribution is 7.91. The van der Waals surface area contributed by atoms with Crippen LogP contribution in [0.2, 0.25) is 8.67 Å². The molecule has 0 saturated carbocycles. The molecule has 1 aromatic heterocycles. The van der Waals surface area contributed by atoms with E-state index in [0.29, 0.717) is 20.7 Å². The van der Waals surface area contributed by atoms with Crippen LogP contribution in [-0.4, -0.2) is 31.9 Å². The number of rotatable bonds is 2. The molecule has 0 bridgehead atoms. The number of carbonyl (C=O) groups is 1. The average Bonchev–Trinajstić information content (AvgIpc) is 2.69. The molecule has 0 aliphatic carbocycles.